The SMILES string of the molecule is N#Cc1ccc(OCc2cc(Cl)cc3c2OCC3)c(Cl)c1. The average Bonchev–Trinajstić information content (AvgIpc) is 2.93. The van der Waals surface area contributed by atoms with E-state index in [4.69, 9.17) is 37.9 Å². The van der Waals surface area contributed by atoms with E-state index in [1.165, 1.54) is 0 Å². The van der Waals surface area contributed by atoms with Crippen molar-refractivity contribution in [2.45, 2.75) is 13.0 Å². The standard InChI is InChI=1S/C16H11Cl2NO2/c17-13-6-11-3-4-20-16(11)12(7-13)9-21-15-2-1-10(8-19)5-14(15)18/h1-2,5-7H,3-4,9H2. The third kappa shape index (κ3) is 2.92. The lowest BCUT2D eigenvalue weighted by Gasteiger charge is -2.11. The molecule has 0 aromatic heterocycles. The van der Waals surface area contributed by atoms with Gasteiger partial charge in [0.25, 0.3) is 0 Å². The molecule has 0 spiro atoms. The summed E-state index contributed by atoms with van der Waals surface area (Å²) < 4.78 is 11.3. The first-order valence-corrected chi connectivity index (χ1v) is 7.19. The normalized spacial score (nSPS) is 12.4. The van der Waals surface area contributed by atoms with Gasteiger partial charge in [-0.1, -0.05) is 23.2 Å². The highest BCUT2D eigenvalue weighted by Gasteiger charge is 2.18. The number of fused-ring (bicyclic) bond motifs is 1. The molecule has 0 saturated carbocycles. The van der Waals surface area contributed by atoms with Gasteiger partial charge in [0.05, 0.1) is 23.3 Å². The highest BCUT2D eigenvalue weighted by molar-refractivity contribution is 6.32. The second-order valence-corrected chi connectivity index (χ2v) is 5.54. The van der Waals surface area contributed by atoms with Gasteiger partial charge in [0.2, 0.25) is 0 Å². The molecule has 0 bridgehead atoms. The fraction of sp³-hybridized carbons (Fsp3) is 0.188. The van der Waals surface area contributed by atoms with Crippen LogP contribution < -0.4 is 9.47 Å². The van der Waals surface area contributed by atoms with Crippen LogP contribution in [0.15, 0.2) is 30.3 Å². The van der Waals surface area contributed by atoms with E-state index in [1.54, 1.807) is 18.2 Å². The Balaban J connectivity index is 1.81. The highest BCUT2D eigenvalue weighted by Crippen LogP contribution is 2.34. The predicted octanol–water partition coefficient (Wildman–Crippen LogP) is 4.38. The Morgan fingerprint density at radius 3 is 2.86 bits per heavy atom. The van der Waals surface area contributed by atoms with Gasteiger partial charge in [-0.25, -0.2) is 0 Å². The number of rotatable bonds is 3. The number of nitrogens with zero attached hydrogens (tertiary/aromatic N) is 1. The third-order valence-corrected chi connectivity index (χ3v) is 3.78. The van der Waals surface area contributed by atoms with Gasteiger partial charge in [0, 0.05) is 17.0 Å². The van der Waals surface area contributed by atoms with Crippen molar-refractivity contribution in [1.82, 2.24) is 0 Å². The molecule has 0 N–H and O–H groups in total. The summed E-state index contributed by atoms with van der Waals surface area (Å²) in [5.41, 5.74) is 2.50. The monoisotopic (exact) mass is 319 g/mol. The van der Waals surface area contributed by atoms with Crippen LogP contribution >= 0.6 is 23.2 Å². The maximum Gasteiger partial charge on any atom is 0.138 e. The van der Waals surface area contributed by atoms with Crippen molar-refractivity contribution >= 4 is 23.2 Å². The first-order valence-electron chi connectivity index (χ1n) is 6.44. The minimum Gasteiger partial charge on any atom is -0.493 e. The van der Waals surface area contributed by atoms with Gasteiger partial charge in [-0.2, -0.15) is 5.26 Å². The molecule has 2 aromatic carbocycles. The van der Waals surface area contributed by atoms with Gasteiger partial charge in [-0.05, 0) is 35.9 Å². The molecule has 106 valence electrons. The highest BCUT2D eigenvalue weighted by atomic mass is 35.5. The molecule has 3 nitrogen and oxygen atoms in total. The number of nitriles is 1. The molecular formula is C16H11Cl2NO2. The summed E-state index contributed by atoms with van der Waals surface area (Å²) in [6.45, 7) is 0.981. The van der Waals surface area contributed by atoms with E-state index in [-0.39, 0.29) is 0 Å². The molecule has 0 fully saturated rings. The molecule has 0 radical (unpaired) electrons. The Morgan fingerprint density at radius 1 is 1.24 bits per heavy atom. The Morgan fingerprint density at radius 2 is 2.10 bits per heavy atom. The molecule has 5 heteroatoms. The number of benzene rings is 2. The van der Waals surface area contributed by atoms with E-state index < -0.39 is 0 Å². The summed E-state index contributed by atoms with van der Waals surface area (Å²) in [5, 5.41) is 9.90. The summed E-state index contributed by atoms with van der Waals surface area (Å²) in [6, 6.07) is 10.7. The number of halogens is 2. The van der Waals surface area contributed by atoms with Crippen LogP contribution in [0.4, 0.5) is 0 Å². The van der Waals surface area contributed by atoms with Crippen molar-refractivity contribution in [1.29, 1.82) is 5.26 Å². The van der Waals surface area contributed by atoms with E-state index in [9.17, 15) is 0 Å². The van der Waals surface area contributed by atoms with E-state index in [0.717, 1.165) is 23.3 Å². The van der Waals surface area contributed by atoms with Gasteiger partial charge < -0.3 is 9.47 Å². The van der Waals surface area contributed by atoms with Crippen LogP contribution in [0, 0.1) is 11.3 Å². The van der Waals surface area contributed by atoms with E-state index in [0.29, 0.717) is 34.6 Å². The Hall–Kier alpha value is -1.89. The summed E-state index contributed by atoms with van der Waals surface area (Å²) in [7, 11) is 0. The molecule has 0 unspecified atom stereocenters. The topological polar surface area (TPSA) is 42.2 Å². The van der Waals surface area contributed by atoms with Crippen LogP contribution in [-0.4, -0.2) is 6.61 Å². The second-order valence-electron chi connectivity index (χ2n) is 4.70. The van der Waals surface area contributed by atoms with Gasteiger partial charge >= 0.3 is 0 Å². The Kier molecular flexibility index (Phi) is 3.92. The van der Waals surface area contributed by atoms with E-state index >= 15 is 0 Å². The molecule has 0 saturated heterocycles. The minimum atomic E-state index is 0.314. The quantitative estimate of drug-likeness (QED) is 0.843. The molecule has 0 aliphatic carbocycles. The van der Waals surface area contributed by atoms with Crippen molar-refractivity contribution in [2.24, 2.45) is 0 Å². The van der Waals surface area contributed by atoms with Crippen LogP contribution in [0.3, 0.4) is 0 Å². The minimum absolute atomic E-state index is 0.314. The van der Waals surface area contributed by atoms with Gasteiger partial charge in [-0.15, -0.1) is 0 Å². The van der Waals surface area contributed by atoms with Crippen LogP contribution in [0.2, 0.25) is 10.0 Å². The van der Waals surface area contributed by atoms with Crippen molar-refractivity contribution in [3.05, 3.63) is 57.1 Å². The first-order chi connectivity index (χ1) is 10.2. The van der Waals surface area contributed by atoms with Crippen LogP contribution in [0.1, 0.15) is 16.7 Å². The third-order valence-electron chi connectivity index (χ3n) is 3.27. The van der Waals surface area contributed by atoms with Crippen molar-refractivity contribution in [3.8, 4) is 17.6 Å². The molecule has 1 aliphatic rings. The first kappa shape index (κ1) is 14.1. The molecule has 0 atom stereocenters. The number of ether oxygens (including phenoxy) is 2. The zero-order valence-corrected chi connectivity index (χ0v) is 12.5. The fourth-order valence-electron chi connectivity index (χ4n) is 2.30. The molecule has 1 heterocycles. The fourth-order valence-corrected chi connectivity index (χ4v) is 2.79. The Bertz CT molecular complexity index is 738. The second kappa shape index (κ2) is 5.85. The molecule has 2 aromatic rings. The summed E-state index contributed by atoms with van der Waals surface area (Å²) in [6.07, 6.45) is 0.862. The molecular weight excluding hydrogens is 309 g/mol. The smallest absolute Gasteiger partial charge is 0.138 e. The van der Waals surface area contributed by atoms with Crippen molar-refractivity contribution in [3.63, 3.8) is 0 Å². The predicted molar refractivity (Wildman–Crippen MR) is 81.2 cm³/mol. The van der Waals surface area contributed by atoms with Gasteiger partial charge in [0.15, 0.2) is 0 Å². The van der Waals surface area contributed by atoms with Crippen molar-refractivity contribution in [2.75, 3.05) is 6.61 Å². The molecule has 3 rings (SSSR count). The zero-order chi connectivity index (χ0) is 14.8. The number of hydrogen-bond donors (Lipinski definition) is 0. The number of hydrogen-bond acceptors (Lipinski definition) is 3. The van der Waals surface area contributed by atoms with Crippen LogP contribution in [-0.2, 0) is 13.0 Å². The summed E-state index contributed by atoms with van der Waals surface area (Å²) in [4.78, 5) is 0. The molecule has 1 aliphatic heterocycles. The molecule has 0 amide bonds. The summed E-state index contributed by atoms with van der Waals surface area (Å²) >= 11 is 12.2. The largest absolute Gasteiger partial charge is 0.493 e. The Labute approximate surface area is 132 Å². The lowest BCUT2D eigenvalue weighted by molar-refractivity contribution is 0.292. The molecule has 21 heavy (non-hydrogen) atoms. The van der Waals surface area contributed by atoms with E-state index in [1.807, 2.05) is 18.2 Å². The van der Waals surface area contributed by atoms with E-state index in [2.05, 4.69) is 0 Å². The van der Waals surface area contributed by atoms with Gasteiger partial charge in [0.1, 0.15) is 18.1 Å². The van der Waals surface area contributed by atoms with Crippen LogP contribution in [0.5, 0.6) is 11.5 Å². The maximum absolute atomic E-state index is 8.82. The lowest BCUT2D eigenvalue weighted by Crippen LogP contribution is -1.99. The zero-order valence-electron chi connectivity index (χ0n) is 11.0. The summed E-state index contributed by atoms with van der Waals surface area (Å²) in [5.74, 6) is 1.38. The lowest BCUT2D eigenvalue weighted by atomic mass is 10.1. The maximum atomic E-state index is 8.82. The van der Waals surface area contributed by atoms with Gasteiger partial charge in [-0.3, -0.25) is 0 Å². The van der Waals surface area contributed by atoms with Crippen LogP contribution in [0.25, 0.3) is 0 Å². The van der Waals surface area contributed by atoms with Crippen molar-refractivity contribution < 1.29 is 9.47 Å². The average molecular weight is 320 g/mol.